The van der Waals surface area contributed by atoms with Crippen LogP contribution in [-0.4, -0.2) is 13.6 Å². The van der Waals surface area contributed by atoms with Gasteiger partial charge in [0.15, 0.2) is 0 Å². The fraction of sp³-hybridized carbons (Fsp3) is 0.375. The average molecular weight is 307 g/mol. The summed E-state index contributed by atoms with van der Waals surface area (Å²) in [5, 5.41) is 3.57. The van der Waals surface area contributed by atoms with Gasteiger partial charge in [0.1, 0.15) is 0 Å². The Hall–Kier alpha value is -1.03. The molecule has 2 nitrogen and oxygen atoms in total. The summed E-state index contributed by atoms with van der Waals surface area (Å²) >= 11 is 7.63. The summed E-state index contributed by atoms with van der Waals surface area (Å²) in [5.74, 6) is 0. The van der Waals surface area contributed by atoms with Gasteiger partial charge in [-0.3, -0.25) is 0 Å². The molecule has 0 spiro atoms. The zero-order valence-electron chi connectivity index (χ0n) is 11.8. The average Bonchev–Trinajstić information content (AvgIpc) is 3.03. The largest absolute Gasteiger partial charge is 0.374 e. The molecule has 1 atom stereocenters. The van der Waals surface area contributed by atoms with Crippen molar-refractivity contribution in [3.05, 3.63) is 50.7 Å². The summed E-state index contributed by atoms with van der Waals surface area (Å²) in [4.78, 5) is 3.61. The van der Waals surface area contributed by atoms with Gasteiger partial charge in [0, 0.05) is 36.7 Å². The van der Waals surface area contributed by atoms with Crippen molar-refractivity contribution in [2.24, 2.45) is 0 Å². The third-order valence-corrected chi connectivity index (χ3v) is 5.32. The van der Waals surface area contributed by atoms with Crippen molar-refractivity contribution in [3.63, 3.8) is 0 Å². The Morgan fingerprint density at radius 3 is 2.95 bits per heavy atom. The highest BCUT2D eigenvalue weighted by atomic mass is 35.5. The van der Waals surface area contributed by atoms with Crippen LogP contribution in [0.15, 0.2) is 30.3 Å². The van der Waals surface area contributed by atoms with E-state index >= 15 is 0 Å². The smallest absolute Gasteiger partial charge is 0.0931 e. The van der Waals surface area contributed by atoms with Gasteiger partial charge in [-0.2, -0.15) is 0 Å². The maximum Gasteiger partial charge on any atom is 0.0931 e. The molecule has 1 aliphatic heterocycles. The first-order valence-electron chi connectivity index (χ1n) is 6.95. The summed E-state index contributed by atoms with van der Waals surface area (Å²) in [7, 11) is 2.16. The van der Waals surface area contributed by atoms with Crippen LogP contribution in [0.25, 0.3) is 0 Å². The highest BCUT2D eigenvalue weighted by Gasteiger charge is 2.15. The molecule has 2 heterocycles. The molecule has 2 aromatic rings. The van der Waals surface area contributed by atoms with Crippen LogP contribution in [0.2, 0.25) is 4.34 Å². The molecule has 3 rings (SSSR count). The van der Waals surface area contributed by atoms with Crippen LogP contribution in [0.3, 0.4) is 0 Å². The van der Waals surface area contributed by atoms with E-state index in [0.29, 0.717) is 6.04 Å². The van der Waals surface area contributed by atoms with Gasteiger partial charge in [0.05, 0.1) is 4.34 Å². The standard InChI is InChI=1S/C16H19ClN2S/c1-11(15-5-6-16(17)20-15)18-10-12-3-4-14-13(9-12)7-8-19(14)2/h3-6,9,11,18H,7-8,10H2,1-2H3. The van der Waals surface area contributed by atoms with Crippen LogP contribution >= 0.6 is 22.9 Å². The predicted octanol–water partition coefficient (Wildman–Crippen LogP) is 4.24. The van der Waals surface area contributed by atoms with Crippen LogP contribution in [0.4, 0.5) is 5.69 Å². The van der Waals surface area contributed by atoms with Gasteiger partial charge in [-0.05, 0) is 42.7 Å². The van der Waals surface area contributed by atoms with E-state index in [9.17, 15) is 0 Å². The maximum absolute atomic E-state index is 5.99. The van der Waals surface area contributed by atoms with Gasteiger partial charge >= 0.3 is 0 Å². The topological polar surface area (TPSA) is 15.3 Å². The van der Waals surface area contributed by atoms with Gasteiger partial charge in [-0.15, -0.1) is 11.3 Å². The zero-order chi connectivity index (χ0) is 14.1. The SMILES string of the molecule is CC(NCc1ccc2c(c1)CCN2C)c1ccc(Cl)s1. The monoisotopic (exact) mass is 306 g/mol. The molecular formula is C16H19ClN2S. The van der Waals surface area contributed by atoms with E-state index < -0.39 is 0 Å². The minimum atomic E-state index is 0.337. The first-order valence-corrected chi connectivity index (χ1v) is 8.14. The number of likely N-dealkylation sites (N-methyl/N-ethyl adjacent to an activating group) is 1. The van der Waals surface area contributed by atoms with Crippen molar-refractivity contribution >= 4 is 28.6 Å². The molecule has 0 aliphatic carbocycles. The lowest BCUT2D eigenvalue weighted by molar-refractivity contribution is 0.583. The van der Waals surface area contributed by atoms with Crippen molar-refractivity contribution in [2.75, 3.05) is 18.5 Å². The molecule has 1 aromatic carbocycles. The van der Waals surface area contributed by atoms with Gasteiger partial charge in [-0.25, -0.2) is 0 Å². The minimum absolute atomic E-state index is 0.337. The molecular weight excluding hydrogens is 288 g/mol. The number of hydrogen-bond donors (Lipinski definition) is 1. The molecule has 0 saturated heterocycles. The molecule has 0 saturated carbocycles. The summed E-state index contributed by atoms with van der Waals surface area (Å²) in [6.07, 6.45) is 1.16. The third-order valence-electron chi connectivity index (χ3n) is 3.90. The Balaban J connectivity index is 1.64. The minimum Gasteiger partial charge on any atom is -0.374 e. The number of nitrogens with zero attached hydrogens (tertiary/aromatic N) is 1. The molecule has 0 bridgehead atoms. The van der Waals surface area contributed by atoms with Gasteiger partial charge in [0.25, 0.3) is 0 Å². The van der Waals surface area contributed by atoms with E-state index in [1.807, 2.05) is 6.07 Å². The summed E-state index contributed by atoms with van der Waals surface area (Å²) < 4.78 is 0.856. The number of nitrogens with one attached hydrogen (secondary N) is 1. The third kappa shape index (κ3) is 2.85. The Bertz CT molecular complexity index is 608. The van der Waals surface area contributed by atoms with E-state index in [2.05, 4.69) is 48.5 Å². The van der Waals surface area contributed by atoms with Gasteiger partial charge in [-0.1, -0.05) is 23.7 Å². The highest BCUT2D eigenvalue weighted by Crippen LogP contribution is 2.29. The highest BCUT2D eigenvalue weighted by molar-refractivity contribution is 7.16. The van der Waals surface area contributed by atoms with E-state index in [1.54, 1.807) is 11.3 Å². The molecule has 0 fully saturated rings. The predicted molar refractivity (Wildman–Crippen MR) is 88.0 cm³/mol. The van der Waals surface area contributed by atoms with Crippen molar-refractivity contribution in [1.29, 1.82) is 0 Å². The molecule has 20 heavy (non-hydrogen) atoms. The van der Waals surface area contributed by atoms with Crippen LogP contribution < -0.4 is 10.2 Å². The van der Waals surface area contributed by atoms with E-state index in [4.69, 9.17) is 11.6 Å². The first-order chi connectivity index (χ1) is 9.63. The van der Waals surface area contributed by atoms with Crippen molar-refractivity contribution in [1.82, 2.24) is 5.32 Å². The lowest BCUT2D eigenvalue weighted by atomic mass is 10.1. The Morgan fingerprint density at radius 2 is 2.20 bits per heavy atom. The number of benzene rings is 1. The quantitative estimate of drug-likeness (QED) is 0.908. The van der Waals surface area contributed by atoms with Crippen LogP contribution in [0.5, 0.6) is 0 Å². The van der Waals surface area contributed by atoms with Crippen molar-refractivity contribution in [3.8, 4) is 0 Å². The molecule has 4 heteroatoms. The molecule has 1 N–H and O–H groups in total. The lowest BCUT2D eigenvalue weighted by Crippen LogP contribution is -2.17. The fourth-order valence-electron chi connectivity index (χ4n) is 2.66. The van der Waals surface area contributed by atoms with Crippen molar-refractivity contribution in [2.45, 2.75) is 25.9 Å². The number of anilines is 1. The number of thiophene rings is 1. The van der Waals surface area contributed by atoms with E-state index in [0.717, 1.165) is 23.8 Å². The lowest BCUT2D eigenvalue weighted by Gasteiger charge is -2.14. The second kappa shape index (κ2) is 5.76. The summed E-state index contributed by atoms with van der Waals surface area (Å²) in [6.45, 7) is 4.22. The van der Waals surface area contributed by atoms with E-state index in [1.165, 1.54) is 21.7 Å². The fourth-order valence-corrected chi connectivity index (χ4v) is 3.75. The Morgan fingerprint density at radius 1 is 1.35 bits per heavy atom. The molecule has 1 aliphatic rings. The number of rotatable bonds is 4. The Labute approximate surface area is 129 Å². The summed E-state index contributed by atoms with van der Waals surface area (Å²) in [5.41, 5.74) is 4.21. The molecule has 106 valence electrons. The van der Waals surface area contributed by atoms with Crippen LogP contribution in [0, 0.1) is 0 Å². The molecule has 1 unspecified atom stereocenters. The second-order valence-electron chi connectivity index (χ2n) is 5.38. The van der Waals surface area contributed by atoms with Gasteiger partial charge in [0.2, 0.25) is 0 Å². The molecule has 1 aromatic heterocycles. The zero-order valence-corrected chi connectivity index (χ0v) is 13.4. The van der Waals surface area contributed by atoms with Gasteiger partial charge < -0.3 is 10.2 Å². The second-order valence-corrected chi connectivity index (χ2v) is 7.13. The number of fused-ring (bicyclic) bond motifs is 1. The molecule has 0 radical (unpaired) electrons. The van der Waals surface area contributed by atoms with Crippen LogP contribution in [0.1, 0.15) is 29.0 Å². The normalized spacial score (nSPS) is 15.4. The van der Waals surface area contributed by atoms with Crippen LogP contribution in [-0.2, 0) is 13.0 Å². The Kier molecular flexibility index (Phi) is 4.01. The molecule has 0 amide bonds. The van der Waals surface area contributed by atoms with E-state index in [-0.39, 0.29) is 0 Å². The number of halogens is 1. The first kappa shape index (κ1) is 13.9. The van der Waals surface area contributed by atoms with Crippen molar-refractivity contribution < 1.29 is 0 Å². The number of hydrogen-bond acceptors (Lipinski definition) is 3. The maximum atomic E-state index is 5.99. The summed E-state index contributed by atoms with van der Waals surface area (Å²) in [6, 6.07) is 11.2.